The van der Waals surface area contributed by atoms with E-state index in [4.69, 9.17) is 16.2 Å². The Morgan fingerprint density at radius 2 is 2.28 bits per heavy atom. The molecule has 0 radical (unpaired) electrons. The van der Waals surface area contributed by atoms with Gasteiger partial charge in [-0.25, -0.2) is 4.99 Å². The zero-order valence-corrected chi connectivity index (χ0v) is 10.4. The first-order valence-electron chi connectivity index (χ1n) is 5.27. The van der Waals surface area contributed by atoms with Crippen LogP contribution in [0.4, 0.5) is 5.82 Å². The van der Waals surface area contributed by atoms with Crippen molar-refractivity contribution in [2.24, 2.45) is 16.5 Å². The Bertz CT molecular complexity index is 569. The second kappa shape index (κ2) is 4.07. The summed E-state index contributed by atoms with van der Waals surface area (Å²) in [6.07, 6.45) is -0.509. The highest BCUT2D eigenvalue weighted by molar-refractivity contribution is 8.03. The Balaban J connectivity index is 1.99. The van der Waals surface area contributed by atoms with Crippen LogP contribution < -0.4 is 26.8 Å². The van der Waals surface area contributed by atoms with Crippen molar-refractivity contribution in [3.63, 3.8) is 0 Å². The highest BCUT2D eigenvalue weighted by Gasteiger charge is 2.26. The fourth-order valence-electron chi connectivity index (χ4n) is 1.71. The van der Waals surface area contributed by atoms with Crippen LogP contribution in [0.5, 0.6) is 5.88 Å². The minimum absolute atomic E-state index is 0.374. The Hall–Kier alpha value is -1.93. The van der Waals surface area contributed by atoms with E-state index in [-0.39, 0.29) is 0 Å². The maximum atomic E-state index is 5.84. The summed E-state index contributed by atoms with van der Waals surface area (Å²) in [4.78, 5) is 9.35. The predicted molar refractivity (Wildman–Crippen MR) is 70.0 cm³/mol. The van der Waals surface area contributed by atoms with Crippen molar-refractivity contribution < 1.29 is 4.74 Å². The molecular formula is C10H12N6OS. The molecule has 0 saturated heterocycles. The molecule has 2 aliphatic heterocycles. The molecule has 1 aromatic heterocycles. The molecule has 7 nitrogen and oxygen atoms in total. The molecule has 0 aromatic carbocycles. The first-order chi connectivity index (χ1) is 8.67. The molecule has 6 N–H and O–H groups in total. The lowest BCUT2D eigenvalue weighted by molar-refractivity contribution is 0.398. The number of fused-ring (bicyclic) bond motifs is 1. The normalized spacial score (nSPS) is 21.2. The van der Waals surface area contributed by atoms with Crippen LogP contribution in [0.1, 0.15) is 0 Å². The third-order valence-electron chi connectivity index (χ3n) is 2.54. The SMILES string of the molecule is COc1ccc2c(n1)NC1=C(NC(N)N=C1N)S2. The van der Waals surface area contributed by atoms with Crippen LogP contribution in [-0.4, -0.2) is 24.2 Å². The lowest BCUT2D eigenvalue weighted by Crippen LogP contribution is -2.44. The number of amidine groups is 1. The fourth-order valence-corrected chi connectivity index (χ4v) is 2.70. The van der Waals surface area contributed by atoms with E-state index >= 15 is 0 Å². The van der Waals surface area contributed by atoms with Crippen molar-refractivity contribution in [1.82, 2.24) is 10.3 Å². The molecule has 0 aliphatic carbocycles. The van der Waals surface area contributed by atoms with Gasteiger partial charge in [0.25, 0.3) is 0 Å². The number of hydrogen-bond acceptors (Lipinski definition) is 8. The minimum Gasteiger partial charge on any atom is -0.481 e. The summed E-state index contributed by atoms with van der Waals surface area (Å²) >= 11 is 1.51. The van der Waals surface area contributed by atoms with E-state index in [9.17, 15) is 0 Å². The number of aliphatic imine (C=N–C) groups is 1. The fraction of sp³-hybridized carbons (Fsp3) is 0.200. The first kappa shape index (κ1) is 11.2. The largest absolute Gasteiger partial charge is 0.481 e. The number of nitrogens with two attached hydrogens (primary N) is 2. The van der Waals surface area contributed by atoms with Gasteiger partial charge in [0.1, 0.15) is 22.4 Å². The van der Waals surface area contributed by atoms with Gasteiger partial charge in [0.2, 0.25) is 5.88 Å². The Morgan fingerprint density at radius 1 is 1.44 bits per heavy atom. The molecule has 94 valence electrons. The topological polar surface area (TPSA) is 111 Å². The highest BCUT2D eigenvalue weighted by Crippen LogP contribution is 2.39. The zero-order valence-electron chi connectivity index (χ0n) is 9.60. The average Bonchev–Trinajstić information content (AvgIpc) is 2.36. The molecule has 1 aromatic rings. The Morgan fingerprint density at radius 3 is 3.06 bits per heavy atom. The molecule has 2 aliphatic rings. The van der Waals surface area contributed by atoms with Crippen molar-refractivity contribution in [2.45, 2.75) is 11.2 Å². The van der Waals surface area contributed by atoms with Gasteiger partial charge < -0.3 is 21.1 Å². The highest BCUT2D eigenvalue weighted by atomic mass is 32.2. The molecular weight excluding hydrogens is 252 g/mol. The van der Waals surface area contributed by atoms with Crippen molar-refractivity contribution >= 4 is 23.4 Å². The number of aromatic nitrogens is 1. The summed E-state index contributed by atoms with van der Waals surface area (Å²) in [6.45, 7) is 0. The summed E-state index contributed by atoms with van der Waals surface area (Å²) in [7, 11) is 1.58. The van der Waals surface area contributed by atoms with Gasteiger partial charge in [-0.2, -0.15) is 4.98 Å². The summed E-state index contributed by atoms with van der Waals surface area (Å²) in [5.41, 5.74) is 12.3. The van der Waals surface area contributed by atoms with Crippen LogP contribution in [0, 0.1) is 0 Å². The monoisotopic (exact) mass is 264 g/mol. The van der Waals surface area contributed by atoms with E-state index in [1.165, 1.54) is 11.8 Å². The Kier molecular flexibility index (Phi) is 2.53. The van der Waals surface area contributed by atoms with Gasteiger partial charge in [-0.15, -0.1) is 0 Å². The van der Waals surface area contributed by atoms with Crippen LogP contribution in [0.25, 0.3) is 0 Å². The first-order valence-corrected chi connectivity index (χ1v) is 6.09. The smallest absolute Gasteiger partial charge is 0.214 e. The van der Waals surface area contributed by atoms with Gasteiger partial charge in [-0.3, -0.25) is 5.73 Å². The van der Waals surface area contributed by atoms with Crippen molar-refractivity contribution in [3.05, 3.63) is 22.9 Å². The molecule has 8 heteroatoms. The van der Waals surface area contributed by atoms with Crippen LogP contribution in [0.2, 0.25) is 0 Å². The van der Waals surface area contributed by atoms with Gasteiger partial charge in [0.05, 0.1) is 12.0 Å². The minimum atomic E-state index is -0.509. The van der Waals surface area contributed by atoms with Gasteiger partial charge in [-0.05, 0) is 6.07 Å². The molecule has 3 rings (SSSR count). The molecule has 0 spiro atoms. The van der Waals surface area contributed by atoms with Crippen LogP contribution in [-0.2, 0) is 0 Å². The Labute approximate surface area is 108 Å². The third-order valence-corrected chi connectivity index (χ3v) is 3.61. The molecule has 0 bridgehead atoms. The number of nitrogens with zero attached hydrogens (tertiary/aromatic N) is 2. The summed E-state index contributed by atoms with van der Waals surface area (Å²) in [6, 6.07) is 3.73. The maximum Gasteiger partial charge on any atom is 0.214 e. The van der Waals surface area contributed by atoms with E-state index in [1.807, 2.05) is 6.07 Å². The second-order valence-corrected chi connectivity index (χ2v) is 4.79. The van der Waals surface area contributed by atoms with Gasteiger partial charge in [-0.1, -0.05) is 11.8 Å². The summed E-state index contributed by atoms with van der Waals surface area (Å²) in [5.74, 6) is 1.62. The van der Waals surface area contributed by atoms with Crippen molar-refractivity contribution in [3.8, 4) is 5.88 Å². The number of pyridine rings is 1. The van der Waals surface area contributed by atoms with Crippen LogP contribution in [0.15, 0.2) is 32.7 Å². The quantitative estimate of drug-likeness (QED) is 0.564. The van der Waals surface area contributed by atoms with E-state index in [0.717, 1.165) is 9.92 Å². The molecule has 0 amide bonds. The number of ether oxygens (including phenoxy) is 1. The molecule has 0 saturated carbocycles. The summed E-state index contributed by atoms with van der Waals surface area (Å²) < 4.78 is 5.09. The number of anilines is 1. The summed E-state index contributed by atoms with van der Waals surface area (Å²) in [5, 5.41) is 7.04. The van der Waals surface area contributed by atoms with E-state index in [0.29, 0.717) is 23.2 Å². The molecule has 3 heterocycles. The number of rotatable bonds is 1. The molecule has 0 fully saturated rings. The lowest BCUT2D eigenvalue weighted by atomic mass is 10.3. The van der Waals surface area contributed by atoms with E-state index in [1.54, 1.807) is 13.2 Å². The zero-order chi connectivity index (χ0) is 12.7. The van der Waals surface area contributed by atoms with E-state index in [2.05, 4.69) is 20.6 Å². The third kappa shape index (κ3) is 1.75. The lowest BCUT2D eigenvalue weighted by Gasteiger charge is -2.28. The molecule has 18 heavy (non-hydrogen) atoms. The number of hydrogen-bond donors (Lipinski definition) is 4. The molecule has 1 unspecified atom stereocenters. The maximum absolute atomic E-state index is 5.84. The second-order valence-electron chi connectivity index (χ2n) is 3.74. The van der Waals surface area contributed by atoms with Gasteiger partial charge in [0, 0.05) is 6.07 Å². The standard InChI is InChI=1S/C10H12N6OS/c1-17-5-3-2-4-8(13-5)14-6-7(11)15-10(12)16-9(6)18-4/h2-3,10,16H,12H2,1H3,(H2,11,15)(H,13,14). The molecule has 1 atom stereocenters. The number of nitrogens with one attached hydrogen (secondary N) is 2. The van der Waals surface area contributed by atoms with Crippen molar-refractivity contribution in [1.29, 1.82) is 0 Å². The van der Waals surface area contributed by atoms with Crippen LogP contribution in [0.3, 0.4) is 0 Å². The van der Waals surface area contributed by atoms with Crippen LogP contribution >= 0.6 is 11.8 Å². The number of methoxy groups -OCH3 is 1. The van der Waals surface area contributed by atoms with Gasteiger partial charge in [0.15, 0.2) is 6.29 Å². The van der Waals surface area contributed by atoms with Crippen molar-refractivity contribution in [2.75, 3.05) is 12.4 Å². The van der Waals surface area contributed by atoms with Gasteiger partial charge >= 0.3 is 0 Å². The average molecular weight is 264 g/mol. The number of thioether (sulfide) groups is 1. The predicted octanol–water partition coefficient (Wildman–Crippen LogP) is -0.0204. The van der Waals surface area contributed by atoms with E-state index < -0.39 is 6.29 Å².